The van der Waals surface area contributed by atoms with Gasteiger partial charge in [0.2, 0.25) is 15.9 Å². The van der Waals surface area contributed by atoms with Crippen molar-refractivity contribution < 1.29 is 17.6 Å². The molecule has 2 N–H and O–H groups in total. The van der Waals surface area contributed by atoms with Crippen molar-refractivity contribution in [2.75, 3.05) is 12.0 Å². The van der Waals surface area contributed by atoms with Gasteiger partial charge in [-0.25, -0.2) is 8.42 Å². The van der Waals surface area contributed by atoms with Crippen LogP contribution in [0, 0.1) is 19.3 Å². The molecule has 1 aliphatic rings. The third-order valence-corrected chi connectivity index (χ3v) is 7.74. The van der Waals surface area contributed by atoms with Crippen LogP contribution in [-0.2, 0) is 21.2 Å². The van der Waals surface area contributed by atoms with Crippen molar-refractivity contribution >= 4 is 27.7 Å². The van der Waals surface area contributed by atoms with E-state index in [9.17, 15) is 13.2 Å². The summed E-state index contributed by atoms with van der Waals surface area (Å²) in [4.78, 5) is 13.4. The van der Waals surface area contributed by atoms with E-state index in [-0.39, 0.29) is 22.3 Å². The molecule has 2 aromatic rings. The van der Waals surface area contributed by atoms with Crippen LogP contribution in [0.25, 0.3) is 0 Å². The fourth-order valence-corrected chi connectivity index (χ4v) is 5.74. The number of aryl methyl sites for hydroxylation is 2. The lowest BCUT2D eigenvalue weighted by Gasteiger charge is -2.35. The molecule has 1 aromatic heterocycles. The average Bonchev–Trinajstić information content (AvgIpc) is 3.04. The van der Waals surface area contributed by atoms with E-state index in [0.29, 0.717) is 12.2 Å². The number of benzene rings is 1. The number of nitrogens with one attached hydrogen (secondary N) is 2. The van der Waals surface area contributed by atoms with E-state index in [0.717, 1.165) is 35.5 Å². The Morgan fingerprint density at radius 2 is 1.94 bits per heavy atom. The van der Waals surface area contributed by atoms with E-state index in [1.54, 1.807) is 36.0 Å². The molecule has 1 aliphatic carbocycles. The predicted molar refractivity (Wildman–Crippen MR) is 125 cm³/mol. The molecule has 0 bridgehead atoms. The molecular weight excluding hydrogens is 432 g/mol. The van der Waals surface area contributed by atoms with Gasteiger partial charge in [0.15, 0.2) is 0 Å². The van der Waals surface area contributed by atoms with E-state index in [1.807, 2.05) is 26.2 Å². The number of hydrogen-bond acceptors (Lipinski definition) is 5. The van der Waals surface area contributed by atoms with Crippen molar-refractivity contribution in [3.05, 3.63) is 53.0 Å². The summed E-state index contributed by atoms with van der Waals surface area (Å²) in [6.07, 6.45) is 3.93. The van der Waals surface area contributed by atoms with E-state index in [4.69, 9.17) is 4.42 Å². The summed E-state index contributed by atoms with van der Waals surface area (Å²) in [5.74, 6) is 2.08. The standard InChI is InChI=1S/C23H32N2O4S2/c1-15-6-8-17(9-7-15)31(27,28)25-19(10-11-30-5)22(26)24-20-13-23(3,4)14-21-18(20)12-16(2)29-21/h6-9,12,19-20,25H,10-11,13-14H2,1-5H3,(H,24,26). The van der Waals surface area contributed by atoms with Gasteiger partial charge < -0.3 is 9.73 Å². The molecule has 1 aromatic carbocycles. The van der Waals surface area contributed by atoms with Gasteiger partial charge in [0.05, 0.1) is 10.9 Å². The van der Waals surface area contributed by atoms with E-state index >= 15 is 0 Å². The number of carbonyl (C=O) groups excluding carboxylic acids is 1. The van der Waals surface area contributed by atoms with Gasteiger partial charge in [0.1, 0.15) is 17.6 Å². The van der Waals surface area contributed by atoms with Crippen LogP contribution in [0.15, 0.2) is 39.6 Å². The third kappa shape index (κ3) is 5.93. The average molecular weight is 465 g/mol. The number of carbonyl (C=O) groups is 1. The zero-order valence-corrected chi connectivity index (χ0v) is 20.5. The minimum absolute atomic E-state index is 0.0224. The van der Waals surface area contributed by atoms with Crippen LogP contribution < -0.4 is 10.0 Å². The molecule has 0 aliphatic heterocycles. The maximum absolute atomic E-state index is 13.2. The van der Waals surface area contributed by atoms with Gasteiger partial charge in [-0.3, -0.25) is 4.79 Å². The number of sulfonamides is 1. The first-order chi connectivity index (χ1) is 14.5. The second-order valence-corrected chi connectivity index (χ2v) is 11.8. The van der Waals surface area contributed by atoms with Crippen LogP contribution in [0.2, 0.25) is 0 Å². The van der Waals surface area contributed by atoms with Crippen LogP contribution in [0.5, 0.6) is 0 Å². The number of amides is 1. The van der Waals surface area contributed by atoms with Gasteiger partial charge in [0, 0.05) is 12.0 Å². The largest absolute Gasteiger partial charge is 0.466 e. The Kier molecular flexibility index (Phi) is 7.23. The van der Waals surface area contributed by atoms with Crippen molar-refractivity contribution in [1.82, 2.24) is 10.0 Å². The number of fused-ring (bicyclic) bond motifs is 1. The summed E-state index contributed by atoms with van der Waals surface area (Å²) in [7, 11) is -3.81. The van der Waals surface area contributed by atoms with Gasteiger partial charge in [0.25, 0.3) is 0 Å². The number of furan rings is 1. The molecular formula is C23H32N2O4S2. The highest BCUT2D eigenvalue weighted by Crippen LogP contribution is 2.42. The molecule has 1 amide bonds. The van der Waals surface area contributed by atoms with Gasteiger partial charge in [-0.05, 0) is 62.3 Å². The quantitative estimate of drug-likeness (QED) is 0.613. The molecule has 0 saturated carbocycles. The zero-order chi connectivity index (χ0) is 22.8. The predicted octanol–water partition coefficient (Wildman–Crippen LogP) is 4.13. The van der Waals surface area contributed by atoms with Crippen LogP contribution in [-0.4, -0.2) is 32.4 Å². The van der Waals surface area contributed by atoms with Crippen LogP contribution >= 0.6 is 11.8 Å². The monoisotopic (exact) mass is 464 g/mol. The molecule has 2 unspecified atom stereocenters. The Bertz CT molecular complexity index is 1030. The van der Waals surface area contributed by atoms with Crippen LogP contribution in [0.1, 0.15) is 55.4 Å². The number of rotatable bonds is 8. The molecule has 6 nitrogen and oxygen atoms in total. The first-order valence-corrected chi connectivity index (χ1v) is 13.4. The van der Waals surface area contributed by atoms with E-state index < -0.39 is 16.1 Å². The Morgan fingerprint density at radius 1 is 1.26 bits per heavy atom. The first kappa shape index (κ1) is 23.9. The van der Waals surface area contributed by atoms with Crippen molar-refractivity contribution in [3.8, 4) is 0 Å². The molecule has 0 radical (unpaired) electrons. The Labute approximate surface area is 189 Å². The fourth-order valence-electron chi connectivity index (χ4n) is 4.04. The fraction of sp³-hybridized carbons (Fsp3) is 0.522. The second-order valence-electron chi connectivity index (χ2n) is 9.11. The minimum Gasteiger partial charge on any atom is -0.466 e. The minimum atomic E-state index is -3.81. The van der Waals surface area contributed by atoms with Gasteiger partial charge in [-0.1, -0.05) is 31.5 Å². The first-order valence-electron chi connectivity index (χ1n) is 10.5. The lowest BCUT2D eigenvalue weighted by Crippen LogP contribution is -2.49. The second kappa shape index (κ2) is 9.38. The smallest absolute Gasteiger partial charge is 0.241 e. The Balaban J connectivity index is 1.81. The topological polar surface area (TPSA) is 88.4 Å². The van der Waals surface area contributed by atoms with Gasteiger partial charge >= 0.3 is 0 Å². The molecule has 0 fully saturated rings. The number of thioether (sulfide) groups is 1. The SMILES string of the molecule is CSCCC(NS(=O)(=O)c1ccc(C)cc1)C(=O)NC1CC(C)(C)Cc2oc(C)cc21. The Morgan fingerprint density at radius 3 is 2.58 bits per heavy atom. The van der Waals surface area contributed by atoms with Crippen LogP contribution in [0.4, 0.5) is 0 Å². The lowest BCUT2D eigenvalue weighted by molar-refractivity contribution is -0.123. The molecule has 3 rings (SSSR count). The highest BCUT2D eigenvalue weighted by Gasteiger charge is 2.37. The molecule has 170 valence electrons. The van der Waals surface area contributed by atoms with E-state index in [1.165, 1.54) is 0 Å². The molecule has 1 heterocycles. The molecule has 0 spiro atoms. The van der Waals surface area contributed by atoms with E-state index in [2.05, 4.69) is 23.9 Å². The summed E-state index contributed by atoms with van der Waals surface area (Å²) in [5, 5.41) is 3.10. The normalized spacial score (nSPS) is 18.9. The van der Waals surface area contributed by atoms with Crippen molar-refractivity contribution in [2.24, 2.45) is 5.41 Å². The highest BCUT2D eigenvalue weighted by atomic mass is 32.2. The molecule has 8 heteroatoms. The summed E-state index contributed by atoms with van der Waals surface area (Å²) in [6.45, 7) is 8.10. The van der Waals surface area contributed by atoms with Gasteiger partial charge in [-0.2, -0.15) is 16.5 Å². The maximum atomic E-state index is 13.2. The lowest BCUT2D eigenvalue weighted by atomic mass is 9.74. The van der Waals surface area contributed by atoms with Crippen molar-refractivity contribution in [2.45, 2.75) is 63.9 Å². The van der Waals surface area contributed by atoms with Crippen molar-refractivity contribution in [3.63, 3.8) is 0 Å². The number of hydrogen-bond donors (Lipinski definition) is 2. The summed E-state index contributed by atoms with van der Waals surface area (Å²) < 4.78 is 34.3. The zero-order valence-electron chi connectivity index (χ0n) is 18.8. The summed E-state index contributed by atoms with van der Waals surface area (Å²) >= 11 is 1.58. The molecule has 2 atom stereocenters. The highest BCUT2D eigenvalue weighted by molar-refractivity contribution is 7.98. The molecule has 31 heavy (non-hydrogen) atoms. The third-order valence-electron chi connectivity index (χ3n) is 5.61. The maximum Gasteiger partial charge on any atom is 0.241 e. The van der Waals surface area contributed by atoms with Crippen molar-refractivity contribution in [1.29, 1.82) is 0 Å². The Hall–Kier alpha value is -1.77. The van der Waals surface area contributed by atoms with Crippen LogP contribution in [0.3, 0.4) is 0 Å². The summed E-state index contributed by atoms with van der Waals surface area (Å²) in [6, 6.07) is 7.54. The van der Waals surface area contributed by atoms with Gasteiger partial charge in [-0.15, -0.1) is 0 Å². The molecule has 0 saturated heterocycles. The summed E-state index contributed by atoms with van der Waals surface area (Å²) in [5.41, 5.74) is 1.95.